The molecule has 0 aromatic heterocycles. The van der Waals surface area contributed by atoms with Crippen molar-refractivity contribution >= 4 is 31.3 Å². The molecule has 0 aliphatic rings. The summed E-state index contributed by atoms with van der Waals surface area (Å²) in [5, 5.41) is 0.653. The molecule has 0 aliphatic heterocycles. The van der Waals surface area contributed by atoms with E-state index < -0.39 is 9.05 Å². The third kappa shape index (κ3) is 3.86. The van der Waals surface area contributed by atoms with Crippen LogP contribution in [-0.2, 0) is 15.5 Å². The van der Waals surface area contributed by atoms with Gasteiger partial charge in [0.25, 0.3) is 0 Å². The highest BCUT2D eigenvalue weighted by molar-refractivity contribution is 8.13. The van der Waals surface area contributed by atoms with Gasteiger partial charge < -0.3 is 0 Å². The number of hydrogen-bond acceptors (Lipinski definition) is 2. The van der Waals surface area contributed by atoms with Crippen LogP contribution < -0.4 is 0 Å². The molecular weight excluding hydrogens is 243 g/mol. The highest BCUT2D eigenvalue weighted by atomic mass is 35.7. The topological polar surface area (TPSA) is 34.1 Å². The van der Waals surface area contributed by atoms with E-state index >= 15 is 0 Å². The smallest absolute Gasteiger partial charge is 0.212 e. The minimum absolute atomic E-state index is 0.0446. The van der Waals surface area contributed by atoms with Crippen molar-refractivity contribution < 1.29 is 8.42 Å². The molecule has 0 saturated heterocycles. The van der Waals surface area contributed by atoms with Crippen molar-refractivity contribution in [1.29, 1.82) is 0 Å². The van der Waals surface area contributed by atoms with Gasteiger partial charge in [0.1, 0.15) is 0 Å². The molecule has 0 saturated carbocycles. The van der Waals surface area contributed by atoms with Crippen LogP contribution in [0.2, 0.25) is 5.02 Å². The van der Waals surface area contributed by atoms with Crippen LogP contribution in [0.15, 0.2) is 18.2 Å². The Kier molecular flexibility index (Phi) is 3.81. The zero-order valence-corrected chi connectivity index (χ0v) is 9.96. The fourth-order valence-corrected chi connectivity index (χ4v) is 2.09. The zero-order valence-electron chi connectivity index (χ0n) is 7.63. The maximum absolute atomic E-state index is 10.7. The first-order chi connectivity index (χ1) is 6.38. The van der Waals surface area contributed by atoms with E-state index in [4.69, 9.17) is 22.3 Å². The van der Waals surface area contributed by atoms with E-state index in [1.807, 2.05) is 13.0 Å². The number of aryl methyl sites for hydroxylation is 2. The normalized spacial score (nSPS) is 11.6. The molecule has 1 aromatic rings. The van der Waals surface area contributed by atoms with E-state index in [0.29, 0.717) is 11.4 Å². The predicted octanol–water partition coefficient (Wildman–Crippen LogP) is 2.76. The molecule has 14 heavy (non-hydrogen) atoms. The third-order valence-corrected chi connectivity index (χ3v) is 3.31. The average molecular weight is 253 g/mol. The molecule has 1 rings (SSSR count). The largest absolute Gasteiger partial charge is 0.232 e. The summed E-state index contributed by atoms with van der Waals surface area (Å²) < 4.78 is 21.4. The highest BCUT2D eigenvalue weighted by Crippen LogP contribution is 2.16. The summed E-state index contributed by atoms with van der Waals surface area (Å²) in [5.41, 5.74) is 1.94. The zero-order chi connectivity index (χ0) is 10.8. The average Bonchev–Trinajstić information content (AvgIpc) is 2.00. The Morgan fingerprint density at radius 3 is 2.50 bits per heavy atom. The van der Waals surface area contributed by atoms with Crippen LogP contribution in [0.4, 0.5) is 0 Å². The molecule has 0 fully saturated rings. The lowest BCUT2D eigenvalue weighted by Gasteiger charge is -2.04. The predicted molar refractivity (Wildman–Crippen MR) is 59.5 cm³/mol. The van der Waals surface area contributed by atoms with Gasteiger partial charge in [-0.25, -0.2) is 8.42 Å². The van der Waals surface area contributed by atoms with Gasteiger partial charge in [-0.2, -0.15) is 0 Å². The Bertz CT molecular complexity index is 426. The van der Waals surface area contributed by atoms with Crippen molar-refractivity contribution in [2.75, 3.05) is 5.75 Å². The van der Waals surface area contributed by atoms with Gasteiger partial charge >= 0.3 is 0 Å². The molecular formula is C9H10Cl2O2S. The monoisotopic (exact) mass is 252 g/mol. The van der Waals surface area contributed by atoms with Crippen molar-refractivity contribution in [3.63, 3.8) is 0 Å². The summed E-state index contributed by atoms with van der Waals surface area (Å²) in [6.07, 6.45) is 0.425. The number of hydrogen-bond donors (Lipinski definition) is 0. The van der Waals surface area contributed by atoms with Crippen LogP contribution in [0.3, 0.4) is 0 Å². The molecule has 0 unspecified atom stereocenters. The van der Waals surface area contributed by atoms with Crippen molar-refractivity contribution in [3.05, 3.63) is 34.3 Å². The van der Waals surface area contributed by atoms with Crippen molar-refractivity contribution in [2.24, 2.45) is 0 Å². The molecule has 0 bridgehead atoms. The lowest BCUT2D eigenvalue weighted by molar-refractivity contribution is 0.609. The van der Waals surface area contributed by atoms with Crippen LogP contribution >= 0.6 is 22.3 Å². The molecule has 1 aromatic carbocycles. The second-order valence-corrected chi connectivity index (χ2v) is 6.40. The van der Waals surface area contributed by atoms with Crippen molar-refractivity contribution in [3.8, 4) is 0 Å². The van der Waals surface area contributed by atoms with Gasteiger partial charge in [-0.05, 0) is 36.6 Å². The molecule has 0 radical (unpaired) electrons. The summed E-state index contributed by atoms with van der Waals surface area (Å²) in [5.74, 6) is -0.0446. The fourth-order valence-electron chi connectivity index (χ4n) is 1.17. The van der Waals surface area contributed by atoms with Crippen molar-refractivity contribution in [1.82, 2.24) is 0 Å². The van der Waals surface area contributed by atoms with Gasteiger partial charge in [-0.1, -0.05) is 17.7 Å². The SMILES string of the molecule is Cc1cc(Cl)ccc1CCS(=O)(=O)Cl. The molecule has 2 nitrogen and oxygen atoms in total. The van der Waals surface area contributed by atoms with Crippen LogP contribution in [0.1, 0.15) is 11.1 Å². The summed E-state index contributed by atoms with van der Waals surface area (Å²) in [4.78, 5) is 0. The Morgan fingerprint density at radius 2 is 2.00 bits per heavy atom. The molecule has 78 valence electrons. The molecule has 0 amide bonds. The molecule has 0 heterocycles. The second kappa shape index (κ2) is 4.51. The molecule has 0 aliphatic carbocycles. The van der Waals surface area contributed by atoms with E-state index in [1.165, 1.54) is 0 Å². The van der Waals surface area contributed by atoms with Crippen LogP contribution in [0.5, 0.6) is 0 Å². The Balaban J connectivity index is 2.78. The molecule has 0 spiro atoms. The van der Waals surface area contributed by atoms with Crippen LogP contribution in [0.25, 0.3) is 0 Å². The maximum Gasteiger partial charge on any atom is 0.232 e. The van der Waals surface area contributed by atoms with Gasteiger partial charge in [0.15, 0.2) is 0 Å². The summed E-state index contributed by atoms with van der Waals surface area (Å²) >= 11 is 5.76. The van der Waals surface area contributed by atoms with E-state index in [9.17, 15) is 8.42 Å². The fraction of sp³-hybridized carbons (Fsp3) is 0.333. The van der Waals surface area contributed by atoms with Gasteiger partial charge in [0, 0.05) is 15.7 Å². The standard InChI is InChI=1S/C9H10Cl2O2S/c1-7-6-9(10)3-2-8(7)4-5-14(11,12)13/h2-3,6H,4-5H2,1H3. The lowest BCUT2D eigenvalue weighted by Crippen LogP contribution is -2.02. The van der Waals surface area contributed by atoms with E-state index in [2.05, 4.69) is 0 Å². The number of halogens is 2. The molecule has 0 N–H and O–H groups in total. The maximum atomic E-state index is 10.7. The van der Waals surface area contributed by atoms with E-state index in [1.54, 1.807) is 12.1 Å². The van der Waals surface area contributed by atoms with E-state index in [-0.39, 0.29) is 5.75 Å². The first kappa shape index (κ1) is 11.8. The van der Waals surface area contributed by atoms with Gasteiger partial charge in [-0.3, -0.25) is 0 Å². The van der Waals surface area contributed by atoms with Crippen LogP contribution in [0, 0.1) is 6.92 Å². The number of benzene rings is 1. The van der Waals surface area contributed by atoms with Crippen LogP contribution in [-0.4, -0.2) is 14.2 Å². The summed E-state index contributed by atoms with van der Waals surface area (Å²) in [7, 11) is 1.70. The van der Waals surface area contributed by atoms with Gasteiger partial charge in [0.2, 0.25) is 9.05 Å². The van der Waals surface area contributed by atoms with Gasteiger partial charge in [-0.15, -0.1) is 0 Å². The molecule has 5 heteroatoms. The number of rotatable bonds is 3. The third-order valence-electron chi connectivity index (χ3n) is 1.92. The quantitative estimate of drug-likeness (QED) is 0.776. The second-order valence-electron chi connectivity index (χ2n) is 3.06. The first-order valence-corrected chi connectivity index (χ1v) is 6.91. The minimum atomic E-state index is -3.41. The van der Waals surface area contributed by atoms with Crippen molar-refractivity contribution in [2.45, 2.75) is 13.3 Å². The first-order valence-electron chi connectivity index (χ1n) is 4.06. The highest BCUT2D eigenvalue weighted by Gasteiger charge is 2.07. The lowest BCUT2D eigenvalue weighted by atomic mass is 10.1. The minimum Gasteiger partial charge on any atom is -0.212 e. The summed E-state index contributed by atoms with van der Waals surface area (Å²) in [6.45, 7) is 1.89. The van der Waals surface area contributed by atoms with Gasteiger partial charge in [0.05, 0.1) is 5.75 Å². The Morgan fingerprint density at radius 1 is 1.36 bits per heavy atom. The summed E-state index contributed by atoms with van der Waals surface area (Å²) in [6, 6.07) is 5.36. The molecule has 0 atom stereocenters. The Hall–Kier alpha value is -0.250. The Labute approximate surface area is 93.3 Å². The van der Waals surface area contributed by atoms with E-state index in [0.717, 1.165) is 11.1 Å².